The van der Waals surface area contributed by atoms with Crippen molar-refractivity contribution >= 4 is 39.4 Å². The Morgan fingerprint density at radius 3 is 2.42 bits per heavy atom. The maximum absolute atomic E-state index is 12.7. The predicted octanol–water partition coefficient (Wildman–Crippen LogP) is 5.08. The van der Waals surface area contributed by atoms with E-state index in [1.165, 1.54) is 42.6 Å². The van der Waals surface area contributed by atoms with E-state index in [1.54, 1.807) is 12.1 Å². The van der Waals surface area contributed by atoms with Crippen molar-refractivity contribution in [1.82, 2.24) is 5.43 Å². The van der Waals surface area contributed by atoms with Crippen LogP contribution in [-0.4, -0.2) is 27.1 Å². The van der Waals surface area contributed by atoms with Gasteiger partial charge in [0.1, 0.15) is 5.75 Å². The molecule has 0 unspecified atom stereocenters. The van der Waals surface area contributed by atoms with Crippen LogP contribution in [0, 0.1) is 0 Å². The standard InChI is InChI=1S/C24H24ClN3O4S/c1-2-3-16-32-20-12-8-18(9-13-20)17-26-27-24(29)22-6-4-5-7-23(22)28-33(30,31)21-14-10-19(25)11-15-21/h4-15,17,28H,2-3,16H2,1H3,(H,27,29). The highest BCUT2D eigenvalue weighted by Gasteiger charge is 2.18. The molecular formula is C24H24ClN3O4S. The normalized spacial score (nSPS) is 11.3. The molecule has 172 valence electrons. The van der Waals surface area contributed by atoms with Gasteiger partial charge in [0.2, 0.25) is 0 Å². The van der Waals surface area contributed by atoms with Crippen LogP contribution >= 0.6 is 11.6 Å². The van der Waals surface area contributed by atoms with E-state index in [2.05, 4.69) is 22.2 Å². The van der Waals surface area contributed by atoms with Crippen molar-refractivity contribution in [1.29, 1.82) is 0 Å². The lowest BCUT2D eigenvalue weighted by Crippen LogP contribution is -2.21. The summed E-state index contributed by atoms with van der Waals surface area (Å²) in [6.07, 6.45) is 3.55. The highest BCUT2D eigenvalue weighted by molar-refractivity contribution is 7.92. The van der Waals surface area contributed by atoms with E-state index in [4.69, 9.17) is 16.3 Å². The van der Waals surface area contributed by atoms with E-state index in [-0.39, 0.29) is 16.1 Å². The quantitative estimate of drug-likeness (QED) is 0.237. The van der Waals surface area contributed by atoms with Crippen molar-refractivity contribution in [3.05, 3.63) is 88.9 Å². The Hall–Kier alpha value is -3.36. The molecule has 0 fully saturated rings. The summed E-state index contributed by atoms with van der Waals surface area (Å²) < 4.78 is 33.4. The van der Waals surface area contributed by atoms with E-state index in [1.807, 2.05) is 24.3 Å². The van der Waals surface area contributed by atoms with E-state index in [0.717, 1.165) is 24.2 Å². The third-order valence-corrected chi connectivity index (χ3v) is 6.20. The first-order chi connectivity index (χ1) is 15.9. The Kier molecular flexibility index (Phi) is 8.46. The fourth-order valence-electron chi connectivity index (χ4n) is 2.80. The summed E-state index contributed by atoms with van der Waals surface area (Å²) >= 11 is 5.83. The number of hydrazone groups is 1. The molecule has 0 saturated carbocycles. The highest BCUT2D eigenvalue weighted by Crippen LogP contribution is 2.21. The SMILES string of the molecule is CCCCOc1ccc(C=NNC(=O)c2ccccc2NS(=O)(=O)c2ccc(Cl)cc2)cc1. The second-order valence-corrected chi connectivity index (χ2v) is 9.19. The largest absolute Gasteiger partial charge is 0.494 e. The number of hydrogen-bond donors (Lipinski definition) is 2. The number of amides is 1. The number of sulfonamides is 1. The first kappa shape index (κ1) is 24.3. The average molecular weight is 486 g/mol. The number of benzene rings is 3. The molecule has 3 aromatic carbocycles. The minimum absolute atomic E-state index is 0.0299. The molecule has 0 aliphatic heterocycles. The van der Waals surface area contributed by atoms with Crippen LogP contribution in [0.15, 0.2) is 82.8 Å². The first-order valence-electron chi connectivity index (χ1n) is 10.3. The Bertz CT molecular complexity index is 1210. The smallest absolute Gasteiger partial charge is 0.273 e. The molecule has 0 heterocycles. The lowest BCUT2D eigenvalue weighted by atomic mass is 10.2. The second-order valence-electron chi connectivity index (χ2n) is 7.08. The molecule has 0 aliphatic rings. The number of rotatable bonds is 10. The summed E-state index contributed by atoms with van der Waals surface area (Å²) in [6.45, 7) is 2.77. The minimum atomic E-state index is -3.90. The van der Waals surface area contributed by atoms with Crippen molar-refractivity contribution in [2.75, 3.05) is 11.3 Å². The minimum Gasteiger partial charge on any atom is -0.494 e. The van der Waals surface area contributed by atoms with Crippen LogP contribution in [0.25, 0.3) is 0 Å². The number of carbonyl (C=O) groups excluding carboxylic acids is 1. The molecule has 7 nitrogen and oxygen atoms in total. The molecule has 33 heavy (non-hydrogen) atoms. The highest BCUT2D eigenvalue weighted by atomic mass is 35.5. The summed E-state index contributed by atoms with van der Waals surface area (Å²) in [5, 5.41) is 4.39. The summed E-state index contributed by atoms with van der Waals surface area (Å²) in [4.78, 5) is 12.7. The summed E-state index contributed by atoms with van der Waals surface area (Å²) in [5.41, 5.74) is 3.46. The maximum atomic E-state index is 12.7. The number of unbranched alkanes of at least 4 members (excludes halogenated alkanes) is 1. The summed E-state index contributed by atoms with van der Waals surface area (Å²) in [6, 6.07) is 19.3. The van der Waals surface area contributed by atoms with Crippen molar-refractivity contribution < 1.29 is 17.9 Å². The van der Waals surface area contributed by atoms with Crippen LogP contribution in [0.4, 0.5) is 5.69 Å². The van der Waals surface area contributed by atoms with Crippen molar-refractivity contribution in [3.8, 4) is 5.75 Å². The zero-order chi connectivity index (χ0) is 23.7. The Balaban J connectivity index is 1.65. The maximum Gasteiger partial charge on any atom is 0.273 e. The molecule has 1 amide bonds. The van der Waals surface area contributed by atoms with Crippen LogP contribution in [0.5, 0.6) is 5.75 Å². The number of ether oxygens (including phenoxy) is 1. The van der Waals surface area contributed by atoms with Gasteiger partial charge in [-0.3, -0.25) is 9.52 Å². The molecule has 0 spiro atoms. The molecule has 0 aliphatic carbocycles. The fourth-order valence-corrected chi connectivity index (χ4v) is 4.00. The number of carbonyl (C=O) groups is 1. The molecule has 0 aromatic heterocycles. The van der Waals surface area contributed by atoms with Crippen molar-refractivity contribution in [2.45, 2.75) is 24.7 Å². The second kappa shape index (κ2) is 11.5. The number of para-hydroxylation sites is 1. The zero-order valence-electron chi connectivity index (χ0n) is 18.0. The van der Waals surface area contributed by atoms with Crippen LogP contribution in [0.1, 0.15) is 35.7 Å². The number of halogens is 1. The molecule has 0 bridgehead atoms. The van der Waals surface area contributed by atoms with Crippen molar-refractivity contribution in [3.63, 3.8) is 0 Å². The van der Waals surface area contributed by atoms with Crippen LogP contribution in [-0.2, 0) is 10.0 Å². The topological polar surface area (TPSA) is 96.9 Å². The first-order valence-corrected chi connectivity index (χ1v) is 12.2. The van der Waals surface area contributed by atoms with Gasteiger partial charge in [-0.2, -0.15) is 5.10 Å². The van der Waals surface area contributed by atoms with Gasteiger partial charge in [0.05, 0.1) is 29.0 Å². The number of anilines is 1. The van der Waals surface area contributed by atoms with Crippen LogP contribution in [0.3, 0.4) is 0 Å². The van der Waals surface area contributed by atoms with Gasteiger partial charge >= 0.3 is 0 Å². The lowest BCUT2D eigenvalue weighted by molar-refractivity contribution is 0.0956. The van der Waals surface area contributed by atoms with Crippen molar-refractivity contribution in [2.24, 2.45) is 5.10 Å². The van der Waals surface area contributed by atoms with Gasteiger partial charge < -0.3 is 4.74 Å². The van der Waals surface area contributed by atoms with Gasteiger partial charge in [0, 0.05) is 5.02 Å². The lowest BCUT2D eigenvalue weighted by Gasteiger charge is -2.11. The molecular weight excluding hydrogens is 462 g/mol. The zero-order valence-corrected chi connectivity index (χ0v) is 19.6. The predicted molar refractivity (Wildman–Crippen MR) is 131 cm³/mol. The van der Waals surface area contributed by atoms with Gasteiger partial charge in [-0.05, 0) is 72.6 Å². The summed E-state index contributed by atoms with van der Waals surface area (Å²) in [5.74, 6) is 0.215. The Morgan fingerprint density at radius 2 is 1.73 bits per heavy atom. The fraction of sp³-hybridized carbons (Fsp3) is 0.167. The number of nitrogens with zero attached hydrogens (tertiary/aromatic N) is 1. The van der Waals surface area contributed by atoms with Gasteiger partial charge in [-0.1, -0.05) is 37.1 Å². The molecule has 3 aromatic rings. The Morgan fingerprint density at radius 1 is 1.03 bits per heavy atom. The van der Waals surface area contributed by atoms with E-state index >= 15 is 0 Å². The van der Waals surface area contributed by atoms with Gasteiger partial charge in [-0.15, -0.1) is 0 Å². The average Bonchev–Trinajstić information content (AvgIpc) is 2.80. The molecule has 0 saturated heterocycles. The molecule has 2 N–H and O–H groups in total. The monoisotopic (exact) mass is 485 g/mol. The van der Waals surface area contributed by atoms with Crippen LogP contribution in [0.2, 0.25) is 5.02 Å². The van der Waals surface area contributed by atoms with E-state index < -0.39 is 15.9 Å². The summed E-state index contributed by atoms with van der Waals surface area (Å²) in [7, 11) is -3.90. The third kappa shape index (κ3) is 7.06. The van der Waals surface area contributed by atoms with Gasteiger partial charge in [0.25, 0.3) is 15.9 Å². The van der Waals surface area contributed by atoms with E-state index in [0.29, 0.717) is 11.6 Å². The number of hydrogen-bond acceptors (Lipinski definition) is 5. The molecule has 0 atom stereocenters. The number of nitrogens with one attached hydrogen (secondary N) is 2. The third-order valence-electron chi connectivity index (χ3n) is 4.57. The molecule has 3 rings (SSSR count). The molecule has 9 heteroatoms. The van der Waals surface area contributed by atoms with Gasteiger partial charge in [0.15, 0.2) is 0 Å². The molecule has 0 radical (unpaired) electrons. The van der Waals surface area contributed by atoms with Crippen LogP contribution < -0.4 is 14.9 Å². The van der Waals surface area contributed by atoms with E-state index in [9.17, 15) is 13.2 Å². The Labute approximate surface area is 198 Å². The van der Waals surface area contributed by atoms with Gasteiger partial charge in [-0.25, -0.2) is 13.8 Å².